The number of nitrogens with one attached hydrogen (secondary N) is 1. The zero-order chi connectivity index (χ0) is 13.1. The predicted molar refractivity (Wildman–Crippen MR) is 70.9 cm³/mol. The number of hydrogen-bond acceptors (Lipinski definition) is 2. The van der Waals surface area contributed by atoms with Gasteiger partial charge < -0.3 is 10.4 Å². The van der Waals surface area contributed by atoms with E-state index in [1.807, 2.05) is 19.9 Å². The monoisotopic (exact) mass is 251 g/mol. The van der Waals surface area contributed by atoms with Gasteiger partial charge in [0.25, 0.3) is 0 Å². The SMILES string of the molecule is CC(C)C(O)CNC1CCCc2ccc(F)cc21. The lowest BCUT2D eigenvalue weighted by atomic mass is 9.87. The van der Waals surface area contributed by atoms with Gasteiger partial charge in [0.05, 0.1) is 6.10 Å². The zero-order valence-corrected chi connectivity index (χ0v) is 11.1. The molecular formula is C15H22FNO. The van der Waals surface area contributed by atoms with Crippen molar-refractivity contribution in [3.8, 4) is 0 Å². The minimum Gasteiger partial charge on any atom is -0.392 e. The Morgan fingerprint density at radius 3 is 2.94 bits per heavy atom. The van der Waals surface area contributed by atoms with E-state index in [1.54, 1.807) is 6.07 Å². The Balaban J connectivity index is 2.05. The smallest absolute Gasteiger partial charge is 0.123 e. The summed E-state index contributed by atoms with van der Waals surface area (Å²) in [5.41, 5.74) is 2.30. The minimum absolute atomic E-state index is 0.174. The number of benzene rings is 1. The number of aliphatic hydroxyl groups excluding tert-OH is 1. The molecule has 0 bridgehead atoms. The standard InChI is InChI=1S/C15H22FNO/c1-10(2)15(18)9-17-14-5-3-4-11-6-7-12(16)8-13(11)14/h6-8,10,14-15,17-18H,3-5,9H2,1-2H3. The summed E-state index contributed by atoms with van der Waals surface area (Å²) in [7, 11) is 0. The van der Waals surface area contributed by atoms with Gasteiger partial charge in [-0.05, 0) is 48.4 Å². The molecule has 1 aromatic rings. The predicted octanol–water partition coefficient (Wildman–Crippen LogP) is 2.81. The molecule has 0 saturated carbocycles. The van der Waals surface area contributed by atoms with Crippen molar-refractivity contribution in [3.05, 3.63) is 35.1 Å². The summed E-state index contributed by atoms with van der Waals surface area (Å²) in [6.45, 7) is 4.57. The van der Waals surface area contributed by atoms with Crippen LogP contribution < -0.4 is 5.32 Å². The number of aliphatic hydroxyl groups is 1. The third-order valence-corrected chi connectivity index (χ3v) is 3.77. The van der Waals surface area contributed by atoms with Crippen LogP contribution in [-0.2, 0) is 6.42 Å². The third-order valence-electron chi connectivity index (χ3n) is 3.77. The highest BCUT2D eigenvalue weighted by Gasteiger charge is 2.21. The van der Waals surface area contributed by atoms with E-state index in [-0.39, 0.29) is 23.9 Å². The van der Waals surface area contributed by atoms with Crippen molar-refractivity contribution >= 4 is 0 Å². The molecule has 3 heteroatoms. The quantitative estimate of drug-likeness (QED) is 0.862. The number of rotatable bonds is 4. The molecule has 0 aromatic heterocycles. The minimum atomic E-state index is -0.344. The van der Waals surface area contributed by atoms with E-state index >= 15 is 0 Å². The van der Waals surface area contributed by atoms with Crippen LogP contribution in [0.3, 0.4) is 0 Å². The fourth-order valence-corrected chi connectivity index (χ4v) is 2.48. The second-order valence-corrected chi connectivity index (χ2v) is 5.51. The summed E-state index contributed by atoms with van der Waals surface area (Å²) in [5, 5.41) is 13.2. The van der Waals surface area contributed by atoms with Gasteiger partial charge in [0.2, 0.25) is 0 Å². The molecule has 1 aliphatic carbocycles. The molecule has 0 spiro atoms. The van der Waals surface area contributed by atoms with E-state index in [0.717, 1.165) is 24.8 Å². The second kappa shape index (κ2) is 5.81. The molecule has 0 saturated heterocycles. The molecule has 1 aromatic carbocycles. The summed E-state index contributed by atoms with van der Waals surface area (Å²) < 4.78 is 13.3. The molecule has 1 aliphatic rings. The lowest BCUT2D eigenvalue weighted by molar-refractivity contribution is 0.119. The molecule has 0 heterocycles. The Morgan fingerprint density at radius 1 is 1.44 bits per heavy atom. The van der Waals surface area contributed by atoms with Gasteiger partial charge in [-0.3, -0.25) is 0 Å². The van der Waals surface area contributed by atoms with Crippen LogP contribution in [0.25, 0.3) is 0 Å². The molecule has 2 unspecified atom stereocenters. The lowest BCUT2D eigenvalue weighted by Crippen LogP contribution is -2.34. The van der Waals surface area contributed by atoms with Crippen LogP contribution in [0, 0.1) is 11.7 Å². The van der Waals surface area contributed by atoms with Crippen molar-refractivity contribution in [1.82, 2.24) is 5.32 Å². The topological polar surface area (TPSA) is 32.3 Å². The van der Waals surface area contributed by atoms with Gasteiger partial charge >= 0.3 is 0 Å². The number of aryl methyl sites for hydroxylation is 1. The number of hydrogen-bond donors (Lipinski definition) is 2. The highest BCUT2D eigenvalue weighted by atomic mass is 19.1. The first-order valence-electron chi connectivity index (χ1n) is 6.77. The highest BCUT2D eigenvalue weighted by Crippen LogP contribution is 2.30. The first kappa shape index (κ1) is 13.5. The van der Waals surface area contributed by atoms with Crippen molar-refractivity contribution in [2.45, 2.75) is 45.3 Å². The maximum Gasteiger partial charge on any atom is 0.123 e. The summed E-state index contributed by atoms with van der Waals surface area (Å²) in [4.78, 5) is 0. The largest absolute Gasteiger partial charge is 0.392 e. The molecule has 18 heavy (non-hydrogen) atoms. The number of fused-ring (bicyclic) bond motifs is 1. The molecular weight excluding hydrogens is 229 g/mol. The summed E-state index contributed by atoms with van der Waals surface area (Å²) >= 11 is 0. The van der Waals surface area contributed by atoms with Gasteiger partial charge in [-0.2, -0.15) is 0 Å². The van der Waals surface area contributed by atoms with Crippen molar-refractivity contribution in [2.24, 2.45) is 5.92 Å². The van der Waals surface area contributed by atoms with E-state index in [4.69, 9.17) is 0 Å². The summed E-state index contributed by atoms with van der Waals surface area (Å²) in [5.74, 6) is 0.0694. The maximum absolute atomic E-state index is 13.3. The first-order valence-corrected chi connectivity index (χ1v) is 6.77. The highest BCUT2D eigenvalue weighted by molar-refractivity contribution is 5.32. The van der Waals surface area contributed by atoms with E-state index in [1.165, 1.54) is 11.6 Å². The molecule has 0 amide bonds. The maximum atomic E-state index is 13.3. The zero-order valence-electron chi connectivity index (χ0n) is 11.1. The van der Waals surface area contributed by atoms with Crippen LogP contribution in [0.1, 0.15) is 43.9 Å². The Bertz CT molecular complexity index is 405. The van der Waals surface area contributed by atoms with Crippen LogP contribution in [-0.4, -0.2) is 17.8 Å². The van der Waals surface area contributed by atoms with Gasteiger partial charge in [-0.15, -0.1) is 0 Å². The average Bonchev–Trinajstić information content (AvgIpc) is 2.35. The Hall–Kier alpha value is -0.930. The Labute approximate surface area is 108 Å². The molecule has 2 nitrogen and oxygen atoms in total. The van der Waals surface area contributed by atoms with Crippen LogP contribution in [0.15, 0.2) is 18.2 Å². The van der Waals surface area contributed by atoms with Crippen molar-refractivity contribution < 1.29 is 9.50 Å². The van der Waals surface area contributed by atoms with Crippen LogP contribution in [0.4, 0.5) is 4.39 Å². The lowest BCUT2D eigenvalue weighted by Gasteiger charge is -2.28. The van der Waals surface area contributed by atoms with Crippen LogP contribution in [0.5, 0.6) is 0 Å². The van der Waals surface area contributed by atoms with Crippen molar-refractivity contribution in [1.29, 1.82) is 0 Å². The Kier molecular flexibility index (Phi) is 4.36. The van der Waals surface area contributed by atoms with E-state index in [0.29, 0.717) is 6.54 Å². The average molecular weight is 251 g/mol. The molecule has 2 atom stereocenters. The summed E-state index contributed by atoms with van der Waals surface area (Å²) in [6.07, 6.45) is 2.82. The Morgan fingerprint density at radius 2 is 2.22 bits per heavy atom. The fourth-order valence-electron chi connectivity index (χ4n) is 2.48. The van der Waals surface area contributed by atoms with Gasteiger partial charge in [-0.25, -0.2) is 4.39 Å². The normalized spacial score (nSPS) is 20.8. The van der Waals surface area contributed by atoms with Crippen molar-refractivity contribution in [3.63, 3.8) is 0 Å². The second-order valence-electron chi connectivity index (χ2n) is 5.51. The molecule has 0 radical (unpaired) electrons. The van der Waals surface area contributed by atoms with E-state index in [9.17, 15) is 9.50 Å². The van der Waals surface area contributed by atoms with Crippen LogP contribution in [0.2, 0.25) is 0 Å². The van der Waals surface area contributed by atoms with Gasteiger partial charge in [-0.1, -0.05) is 19.9 Å². The summed E-state index contributed by atoms with van der Waals surface area (Å²) in [6, 6.07) is 5.23. The number of halogens is 1. The fraction of sp³-hybridized carbons (Fsp3) is 0.600. The molecule has 2 N–H and O–H groups in total. The molecule has 0 aliphatic heterocycles. The van der Waals surface area contributed by atoms with Gasteiger partial charge in [0.1, 0.15) is 5.82 Å². The first-order chi connectivity index (χ1) is 8.58. The molecule has 2 rings (SSSR count). The van der Waals surface area contributed by atoms with Gasteiger partial charge in [0.15, 0.2) is 0 Å². The third kappa shape index (κ3) is 3.09. The molecule has 0 fully saturated rings. The van der Waals surface area contributed by atoms with Crippen molar-refractivity contribution in [2.75, 3.05) is 6.54 Å². The van der Waals surface area contributed by atoms with Crippen LogP contribution >= 0.6 is 0 Å². The molecule has 100 valence electrons. The van der Waals surface area contributed by atoms with E-state index in [2.05, 4.69) is 5.32 Å². The van der Waals surface area contributed by atoms with E-state index < -0.39 is 0 Å². The van der Waals surface area contributed by atoms with Gasteiger partial charge in [0, 0.05) is 12.6 Å².